The highest BCUT2D eigenvalue weighted by molar-refractivity contribution is 6.01. The molecule has 1 N–H and O–H groups in total. The molecule has 3 aromatic carbocycles. The highest BCUT2D eigenvalue weighted by atomic mass is 16.5. The molecule has 0 unspecified atom stereocenters. The highest BCUT2D eigenvalue weighted by Gasteiger charge is 2.06. The van der Waals surface area contributed by atoms with Crippen LogP contribution in [0.15, 0.2) is 66.7 Å². The zero-order chi connectivity index (χ0) is 17.6. The van der Waals surface area contributed by atoms with Crippen LogP contribution in [0.25, 0.3) is 22.4 Å². The summed E-state index contributed by atoms with van der Waals surface area (Å²) in [5.41, 5.74) is 2.29. The molecule has 0 heterocycles. The molecule has 0 spiro atoms. The summed E-state index contributed by atoms with van der Waals surface area (Å²) >= 11 is 0. The fraction of sp³-hybridized carbons (Fsp3) is 0.0476. The number of carboxylic acids is 1. The lowest BCUT2D eigenvalue weighted by Gasteiger charge is -2.06. The lowest BCUT2D eigenvalue weighted by Crippen LogP contribution is -2.09. The molecule has 0 aliphatic carbocycles. The van der Waals surface area contributed by atoms with Crippen molar-refractivity contribution < 1.29 is 14.6 Å². The molecule has 3 rings (SSSR count). The summed E-state index contributed by atoms with van der Waals surface area (Å²) in [6.45, 7) is -0.380. The van der Waals surface area contributed by atoms with E-state index in [2.05, 4.69) is 6.07 Å². The quantitative estimate of drug-likeness (QED) is 0.557. The van der Waals surface area contributed by atoms with Crippen molar-refractivity contribution in [2.75, 3.05) is 6.61 Å². The standard InChI is InChI=1S/C21H15NO3/c22-13-17(20-7-3-5-16-4-1-2-6-19(16)20)12-15-8-10-18(11-9-15)25-14-21(23)24/h1-12H,14H2,(H,23,24)/b17-12-. The Kier molecular flexibility index (Phi) is 4.77. The van der Waals surface area contributed by atoms with E-state index in [0.717, 1.165) is 21.9 Å². The second kappa shape index (κ2) is 7.33. The fourth-order valence-corrected chi connectivity index (χ4v) is 2.60. The molecule has 0 aromatic heterocycles. The topological polar surface area (TPSA) is 70.3 Å². The van der Waals surface area contributed by atoms with Crippen molar-refractivity contribution in [2.45, 2.75) is 0 Å². The first kappa shape index (κ1) is 16.3. The molecule has 0 radical (unpaired) electrons. The molecule has 0 atom stereocenters. The summed E-state index contributed by atoms with van der Waals surface area (Å²) in [4.78, 5) is 10.5. The molecule has 4 nitrogen and oxygen atoms in total. The van der Waals surface area contributed by atoms with Crippen LogP contribution in [0.5, 0.6) is 5.75 Å². The number of carboxylic acid groups (broad SMARTS) is 1. The Bertz CT molecular complexity index is 977. The van der Waals surface area contributed by atoms with Crippen LogP contribution in [0.1, 0.15) is 11.1 Å². The average molecular weight is 329 g/mol. The van der Waals surface area contributed by atoms with Crippen LogP contribution in [0, 0.1) is 11.3 Å². The van der Waals surface area contributed by atoms with E-state index in [9.17, 15) is 10.1 Å². The van der Waals surface area contributed by atoms with Gasteiger partial charge in [-0.2, -0.15) is 5.26 Å². The number of hydrogen-bond acceptors (Lipinski definition) is 3. The first-order chi connectivity index (χ1) is 12.2. The summed E-state index contributed by atoms with van der Waals surface area (Å²) < 4.78 is 5.11. The van der Waals surface area contributed by atoms with Gasteiger partial charge in [-0.15, -0.1) is 0 Å². The van der Waals surface area contributed by atoms with Gasteiger partial charge in [0.2, 0.25) is 0 Å². The van der Waals surface area contributed by atoms with Crippen molar-refractivity contribution in [3.05, 3.63) is 77.9 Å². The molecule has 122 valence electrons. The van der Waals surface area contributed by atoms with Crippen LogP contribution in [-0.2, 0) is 4.79 Å². The number of carbonyl (C=O) groups is 1. The molecule has 0 fully saturated rings. The van der Waals surface area contributed by atoms with E-state index < -0.39 is 5.97 Å². The maximum Gasteiger partial charge on any atom is 0.341 e. The molecule has 25 heavy (non-hydrogen) atoms. The van der Waals surface area contributed by atoms with Gasteiger partial charge in [-0.25, -0.2) is 4.79 Å². The zero-order valence-electron chi connectivity index (χ0n) is 13.3. The third-order valence-electron chi connectivity index (χ3n) is 3.75. The van der Waals surface area contributed by atoms with Crippen molar-refractivity contribution in [1.82, 2.24) is 0 Å². The van der Waals surface area contributed by atoms with E-state index in [0.29, 0.717) is 11.3 Å². The van der Waals surface area contributed by atoms with Crippen LogP contribution in [0.4, 0.5) is 0 Å². The Labute approximate surface area is 145 Å². The van der Waals surface area contributed by atoms with E-state index in [-0.39, 0.29) is 6.61 Å². The lowest BCUT2D eigenvalue weighted by atomic mass is 9.97. The summed E-state index contributed by atoms with van der Waals surface area (Å²) in [6.07, 6.45) is 1.81. The van der Waals surface area contributed by atoms with Crippen molar-refractivity contribution in [3.8, 4) is 11.8 Å². The van der Waals surface area contributed by atoms with E-state index in [1.165, 1.54) is 0 Å². The molecule has 0 saturated carbocycles. The largest absolute Gasteiger partial charge is 0.482 e. The van der Waals surface area contributed by atoms with Gasteiger partial charge in [0.05, 0.1) is 11.6 Å². The van der Waals surface area contributed by atoms with Crippen LogP contribution < -0.4 is 4.74 Å². The van der Waals surface area contributed by atoms with Gasteiger partial charge in [0.1, 0.15) is 5.75 Å². The molecule has 0 saturated heterocycles. The average Bonchev–Trinajstić information content (AvgIpc) is 2.65. The Morgan fingerprint density at radius 2 is 1.76 bits per heavy atom. The first-order valence-corrected chi connectivity index (χ1v) is 7.72. The smallest absolute Gasteiger partial charge is 0.341 e. The number of ether oxygens (including phenoxy) is 1. The Morgan fingerprint density at radius 1 is 1.04 bits per heavy atom. The number of allylic oxidation sites excluding steroid dienone is 1. The molecule has 0 bridgehead atoms. The summed E-state index contributed by atoms with van der Waals surface area (Å²) in [7, 11) is 0. The summed E-state index contributed by atoms with van der Waals surface area (Å²) in [5.74, 6) is -0.546. The Morgan fingerprint density at radius 3 is 2.48 bits per heavy atom. The van der Waals surface area contributed by atoms with Crippen molar-refractivity contribution in [1.29, 1.82) is 5.26 Å². The predicted octanol–water partition coefficient (Wildman–Crippen LogP) is 4.37. The zero-order valence-corrected chi connectivity index (χ0v) is 13.3. The molecular formula is C21H15NO3. The maximum absolute atomic E-state index is 10.5. The fourth-order valence-electron chi connectivity index (χ4n) is 2.60. The number of nitriles is 1. The molecule has 0 amide bonds. The Hall–Kier alpha value is -3.58. The number of nitrogens with zero attached hydrogens (tertiary/aromatic N) is 1. The highest BCUT2D eigenvalue weighted by Crippen LogP contribution is 2.26. The minimum atomic E-state index is -1.02. The minimum Gasteiger partial charge on any atom is -0.482 e. The normalized spacial score (nSPS) is 11.1. The van der Waals surface area contributed by atoms with Gasteiger partial charge < -0.3 is 9.84 Å². The van der Waals surface area contributed by atoms with E-state index in [4.69, 9.17) is 9.84 Å². The molecule has 0 aliphatic rings. The van der Waals surface area contributed by atoms with Crippen LogP contribution >= 0.6 is 0 Å². The van der Waals surface area contributed by atoms with Gasteiger partial charge in [0.15, 0.2) is 6.61 Å². The van der Waals surface area contributed by atoms with E-state index >= 15 is 0 Å². The van der Waals surface area contributed by atoms with Gasteiger partial charge in [-0.05, 0) is 34.5 Å². The minimum absolute atomic E-state index is 0.380. The number of rotatable bonds is 5. The third kappa shape index (κ3) is 3.85. The van der Waals surface area contributed by atoms with Crippen molar-refractivity contribution in [2.24, 2.45) is 0 Å². The second-order valence-corrected chi connectivity index (χ2v) is 5.45. The van der Waals surface area contributed by atoms with Crippen molar-refractivity contribution >= 4 is 28.4 Å². The number of hydrogen-bond donors (Lipinski definition) is 1. The van der Waals surface area contributed by atoms with Gasteiger partial charge in [-0.3, -0.25) is 0 Å². The maximum atomic E-state index is 10.5. The van der Waals surface area contributed by atoms with E-state index in [1.807, 2.05) is 48.5 Å². The summed E-state index contributed by atoms with van der Waals surface area (Å²) in [5, 5.41) is 20.3. The predicted molar refractivity (Wildman–Crippen MR) is 97.0 cm³/mol. The number of fused-ring (bicyclic) bond motifs is 1. The van der Waals surface area contributed by atoms with Crippen LogP contribution in [0.2, 0.25) is 0 Å². The second-order valence-electron chi connectivity index (χ2n) is 5.45. The number of benzene rings is 3. The molecular weight excluding hydrogens is 314 g/mol. The van der Waals surface area contributed by atoms with Crippen LogP contribution in [0.3, 0.4) is 0 Å². The molecule has 3 aromatic rings. The van der Waals surface area contributed by atoms with Gasteiger partial charge in [-0.1, -0.05) is 54.6 Å². The van der Waals surface area contributed by atoms with Gasteiger partial charge >= 0.3 is 5.97 Å². The molecule has 0 aliphatic heterocycles. The van der Waals surface area contributed by atoms with E-state index in [1.54, 1.807) is 24.3 Å². The number of aliphatic carboxylic acids is 1. The first-order valence-electron chi connectivity index (χ1n) is 7.72. The van der Waals surface area contributed by atoms with Crippen LogP contribution in [-0.4, -0.2) is 17.7 Å². The lowest BCUT2D eigenvalue weighted by molar-refractivity contribution is -0.139. The van der Waals surface area contributed by atoms with Gasteiger partial charge in [0.25, 0.3) is 0 Å². The third-order valence-corrected chi connectivity index (χ3v) is 3.75. The molecule has 4 heteroatoms. The van der Waals surface area contributed by atoms with Crippen molar-refractivity contribution in [3.63, 3.8) is 0 Å². The SMILES string of the molecule is N#C/C(=C/c1ccc(OCC(=O)O)cc1)c1cccc2ccccc12. The Balaban J connectivity index is 1.92. The van der Waals surface area contributed by atoms with Gasteiger partial charge in [0, 0.05) is 5.56 Å². The summed E-state index contributed by atoms with van der Waals surface area (Å²) in [6, 6.07) is 23.0. The monoisotopic (exact) mass is 329 g/mol.